The Kier molecular flexibility index (Phi) is 4.04. The predicted molar refractivity (Wildman–Crippen MR) is 81.4 cm³/mol. The Morgan fingerprint density at radius 2 is 1.48 bits per heavy atom. The molecule has 1 saturated heterocycles. The number of hydrogen-bond acceptors (Lipinski definition) is 2. The first-order valence-electron chi connectivity index (χ1n) is 7.46. The van der Waals surface area contributed by atoms with Gasteiger partial charge in [0.2, 0.25) is 0 Å². The highest BCUT2D eigenvalue weighted by Gasteiger charge is 2.40. The van der Waals surface area contributed by atoms with Crippen molar-refractivity contribution < 1.29 is 9.50 Å². The van der Waals surface area contributed by atoms with Gasteiger partial charge in [0.1, 0.15) is 11.4 Å². The fourth-order valence-corrected chi connectivity index (χ4v) is 3.27. The normalized spacial score (nSPS) is 19.1. The first-order chi connectivity index (χ1) is 10.2. The van der Waals surface area contributed by atoms with Crippen LogP contribution in [0.25, 0.3) is 0 Å². The molecule has 1 aliphatic rings. The van der Waals surface area contributed by atoms with E-state index in [1.165, 1.54) is 12.1 Å². The van der Waals surface area contributed by atoms with E-state index in [4.69, 9.17) is 0 Å². The van der Waals surface area contributed by atoms with E-state index in [0.29, 0.717) is 0 Å². The summed E-state index contributed by atoms with van der Waals surface area (Å²) in [5.41, 5.74) is 0.586. The number of hydrogen-bond donors (Lipinski definition) is 2. The Labute approximate surface area is 124 Å². The molecule has 3 heteroatoms. The molecule has 21 heavy (non-hydrogen) atoms. The largest absolute Gasteiger partial charge is 0.380 e. The van der Waals surface area contributed by atoms with E-state index in [9.17, 15) is 9.50 Å². The summed E-state index contributed by atoms with van der Waals surface area (Å²) >= 11 is 0. The third kappa shape index (κ3) is 2.71. The van der Waals surface area contributed by atoms with Crippen LogP contribution in [0.2, 0.25) is 0 Å². The van der Waals surface area contributed by atoms with Crippen LogP contribution < -0.4 is 5.32 Å². The highest BCUT2D eigenvalue weighted by atomic mass is 19.1. The Balaban J connectivity index is 2.07. The number of aliphatic hydroxyl groups is 1. The average molecular weight is 285 g/mol. The highest BCUT2D eigenvalue weighted by Crippen LogP contribution is 2.40. The van der Waals surface area contributed by atoms with Gasteiger partial charge in [-0.05, 0) is 55.1 Å². The van der Waals surface area contributed by atoms with E-state index >= 15 is 0 Å². The second-order valence-electron chi connectivity index (χ2n) is 5.66. The topological polar surface area (TPSA) is 32.3 Å². The minimum Gasteiger partial charge on any atom is -0.380 e. The summed E-state index contributed by atoms with van der Waals surface area (Å²) in [6.45, 7) is 1.81. The maximum absolute atomic E-state index is 13.2. The highest BCUT2D eigenvalue weighted by molar-refractivity contribution is 5.37. The molecule has 0 amide bonds. The van der Waals surface area contributed by atoms with Crippen LogP contribution in [0.1, 0.15) is 24.0 Å². The molecule has 0 unspecified atom stereocenters. The van der Waals surface area contributed by atoms with E-state index in [1.54, 1.807) is 12.1 Å². The van der Waals surface area contributed by atoms with Crippen molar-refractivity contribution in [3.63, 3.8) is 0 Å². The Bertz CT molecular complexity index is 578. The van der Waals surface area contributed by atoms with Crippen LogP contribution in [0.4, 0.5) is 4.39 Å². The lowest BCUT2D eigenvalue weighted by atomic mass is 9.72. The van der Waals surface area contributed by atoms with Gasteiger partial charge in [0, 0.05) is 0 Å². The maximum Gasteiger partial charge on any atom is 0.123 e. The van der Waals surface area contributed by atoms with E-state index < -0.39 is 5.60 Å². The second-order valence-corrected chi connectivity index (χ2v) is 5.66. The first-order valence-corrected chi connectivity index (χ1v) is 7.46. The van der Waals surface area contributed by atoms with Crippen LogP contribution in [-0.4, -0.2) is 18.2 Å². The molecule has 3 rings (SSSR count). The summed E-state index contributed by atoms with van der Waals surface area (Å²) in [5.74, 6) is -0.147. The van der Waals surface area contributed by atoms with Crippen molar-refractivity contribution in [3.8, 4) is 0 Å². The van der Waals surface area contributed by atoms with Gasteiger partial charge in [-0.2, -0.15) is 0 Å². The fraction of sp³-hybridized carbons (Fsp3) is 0.333. The second kappa shape index (κ2) is 5.96. The molecule has 1 aliphatic heterocycles. The molecule has 1 atom stereocenters. The first kappa shape index (κ1) is 14.2. The number of nitrogens with one attached hydrogen (secondary N) is 1. The molecule has 0 bridgehead atoms. The number of benzene rings is 2. The lowest BCUT2D eigenvalue weighted by Crippen LogP contribution is -2.42. The third-order valence-corrected chi connectivity index (χ3v) is 4.43. The SMILES string of the molecule is O[C@@](c1ccccc1)(c1ccc(F)cc1)C1CCNCC1. The van der Waals surface area contributed by atoms with Crippen molar-refractivity contribution in [2.45, 2.75) is 18.4 Å². The number of halogens is 1. The summed E-state index contributed by atoms with van der Waals surface area (Å²) in [4.78, 5) is 0. The van der Waals surface area contributed by atoms with Gasteiger partial charge in [-0.1, -0.05) is 42.5 Å². The van der Waals surface area contributed by atoms with Gasteiger partial charge in [-0.15, -0.1) is 0 Å². The maximum atomic E-state index is 13.2. The minimum atomic E-state index is -1.06. The smallest absolute Gasteiger partial charge is 0.123 e. The summed E-state index contributed by atoms with van der Waals surface area (Å²) in [6, 6.07) is 16.0. The standard InChI is InChI=1S/C18H20FNO/c19-17-8-6-15(7-9-17)18(21,14-4-2-1-3-5-14)16-10-12-20-13-11-16/h1-9,16,20-21H,10-13H2/t18-/m0/s1. The molecule has 2 N–H and O–H groups in total. The lowest BCUT2D eigenvalue weighted by Gasteiger charge is -2.39. The van der Waals surface area contributed by atoms with Crippen molar-refractivity contribution in [3.05, 3.63) is 71.5 Å². The lowest BCUT2D eigenvalue weighted by molar-refractivity contribution is 0.00231. The number of piperidine rings is 1. The quantitative estimate of drug-likeness (QED) is 0.908. The van der Waals surface area contributed by atoms with Crippen molar-refractivity contribution in [2.75, 3.05) is 13.1 Å². The van der Waals surface area contributed by atoms with Crippen LogP contribution in [-0.2, 0) is 5.60 Å². The summed E-state index contributed by atoms with van der Waals surface area (Å²) in [6.07, 6.45) is 1.81. The molecule has 110 valence electrons. The molecule has 0 radical (unpaired) electrons. The van der Waals surface area contributed by atoms with Crippen molar-refractivity contribution in [1.29, 1.82) is 0 Å². The van der Waals surface area contributed by atoms with E-state index in [0.717, 1.165) is 37.1 Å². The average Bonchev–Trinajstić information content (AvgIpc) is 2.56. The van der Waals surface area contributed by atoms with Gasteiger partial charge in [-0.3, -0.25) is 0 Å². The molecule has 1 heterocycles. The molecule has 0 spiro atoms. The van der Waals surface area contributed by atoms with Crippen LogP contribution in [0.3, 0.4) is 0 Å². The molecule has 2 aromatic carbocycles. The van der Waals surface area contributed by atoms with E-state index in [1.807, 2.05) is 30.3 Å². The van der Waals surface area contributed by atoms with Gasteiger partial charge in [-0.25, -0.2) is 4.39 Å². The van der Waals surface area contributed by atoms with Crippen LogP contribution in [0, 0.1) is 11.7 Å². The number of rotatable bonds is 3. The zero-order valence-electron chi connectivity index (χ0n) is 11.9. The summed E-state index contributed by atoms with van der Waals surface area (Å²) in [7, 11) is 0. The van der Waals surface area contributed by atoms with Gasteiger partial charge in [0.15, 0.2) is 0 Å². The van der Waals surface area contributed by atoms with Gasteiger partial charge in [0.05, 0.1) is 0 Å². The van der Waals surface area contributed by atoms with Gasteiger partial charge >= 0.3 is 0 Å². The Morgan fingerprint density at radius 3 is 2.10 bits per heavy atom. The zero-order valence-corrected chi connectivity index (χ0v) is 11.9. The molecule has 0 aliphatic carbocycles. The fourth-order valence-electron chi connectivity index (χ4n) is 3.27. The molecule has 0 aromatic heterocycles. The summed E-state index contributed by atoms with van der Waals surface area (Å²) < 4.78 is 13.2. The van der Waals surface area contributed by atoms with Gasteiger partial charge in [0.25, 0.3) is 0 Å². The van der Waals surface area contributed by atoms with Crippen molar-refractivity contribution in [1.82, 2.24) is 5.32 Å². The molecule has 2 aromatic rings. The Morgan fingerprint density at radius 1 is 0.905 bits per heavy atom. The zero-order chi connectivity index (χ0) is 14.7. The molecule has 0 saturated carbocycles. The van der Waals surface area contributed by atoms with Crippen molar-refractivity contribution in [2.24, 2.45) is 5.92 Å². The molecule has 1 fully saturated rings. The van der Waals surface area contributed by atoms with Crippen LogP contribution in [0.15, 0.2) is 54.6 Å². The monoisotopic (exact) mass is 285 g/mol. The van der Waals surface area contributed by atoms with Gasteiger partial charge < -0.3 is 10.4 Å². The minimum absolute atomic E-state index is 0.131. The van der Waals surface area contributed by atoms with Crippen molar-refractivity contribution >= 4 is 0 Å². The predicted octanol–water partition coefficient (Wildman–Crippen LogP) is 3.06. The van der Waals surface area contributed by atoms with E-state index in [-0.39, 0.29) is 11.7 Å². The summed E-state index contributed by atoms with van der Waals surface area (Å²) in [5, 5.41) is 14.8. The van der Waals surface area contributed by atoms with Crippen LogP contribution in [0.5, 0.6) is 0 Å². The molecular formula is C18H20FNO. The Hall–Kier alpha value is -1.71. The van der Waals surface area contributed by atoms with Crippen LogP contribution >= 0.6 is 0 Å². The van der Waals surface area contributed by atoms with E-state index in [2.05, 4.69) is 5.32 Å². The molecule has 2 nitrogen and oxygen atoms in total. The molecular weight excluding hydrogens is 265 g/mol. The third-order valence-electron chi connectivity index (χ3n) is 4.43.